The largest absolute Gasteiger partial charge is 0.467 e. The van der Waals surface area contributed by atoms with Gasteiger partial charge in [-0.3, -0.25) is 0 Å². The number of alkyl halides is 3. The monoisotopic (exact) mass is 495 g/mol. The molecule has 1 aliphatic rings. The average molecular weight is 495 g/mol. The van der Waals surface area contributed by atoms with Crippen LogP contribution in [0.2, 0.25) is 0 Å². The molecule has 2 atom stereocenters. The lowest BCUT2D eigenvalue weighted by molar-refractivity contribution is -0.137. The van der Waals surface area contributed by atoms with Crippen LogP contribution in [0.25, 0.3) is 22.0 Å². The van der Waals surface area contributed by atoms with Gasteiger partial charge in [0.2, 0.25) is 0 Å². The van der Waals surface area contributed by atoms with Crippen molar-refractivity contribution < 1.29 is 26.7 Å². The molecule has 4 rings (SSSR count). The smallest absolute Gasteiger partial charge is 0.417 e. The molecule has 2 aromatic carbocycles. The summed E-state index contributed by atoms with van der Waals surface area (Å²) in [6.07, 6.45) is -4.98. The van der Waals surface area contributed by atoms with Crippen molar-refractivity contribution in [3.63, 3.8) is 0 Å². The summed E-state index contributed by atoms with van der Waals surface area (Å²) in [5, 5.41) is 8.50. The van der Waals surface area contributed by atoms with Crippen LogP contribution in [0, 0.1) is 23.0 Å². The fourth-order valence-corrected chi connectivity index (χ4v) is 5.09. The van der Waals surface area contributed by atoms with Gasteiger partial charge in [0.1, 0.15) is 17.2 Å². The first kappa shape index (κ1) is 24.0. The number of nitrogens with zero attached hydrogens (tertiary/aromatic N) is 4. The molecular formula is C22H18F5N5OS. The number of thioether (sulfide) groups is 1. The van der Waals surface area contributed by atoms with Crippen LogP contribution in [0.15, 0.2) is 23.1 Å². The number of methoxy groups -OCH3 is 1. The Morgan fingerprint density at radius 3 is 2.56 bits per heavy atom. The molecule has 0 bridgehead atoms. The molecule has 1 aromatic heterocycles. The van der Waals surface area contributed by atoms with Crippen LogP contribution in [0.3, 0.4) is 0 Å². The van der Waals surface area contributed by atoms with Gasteiger partial charge >= 0.3 is 12.2 Å². The summed E-state index contributed by atoms with van der Waals surface area (Å²) in [4.78, 5) is 9.54. The Balaban J connectivity index is 2.17. The van der Waals surface area contributed by atoms with Gasteiger partial charge in [-0.2, -0.15) is 28.4 Å². The molecule has 6 nitrogen and oxygen atoms in total. The van der Waals surface area contributed by atoms with Crippen molar-refractivity contribution in [3.8, 4) is 23.2 Å². The molecule has 3 aromatic rings. The van der Waals surface area contributed by atoms with E-state index in [-0.39, 0.29) is 33.2 Å². The van der Waals surface area contributed by atoms with Crippen molar-refractivity contribution in [2.24, 2.45) is 5.73 Å². The van der Waals surface area contributed by atoms with Gasteiger partial charge in [0, 0.05) is 29.4 Å². The predicted molar refractivity (Wildman–Crippen MR) is 118 cm³/mol. The molecule has 178 valence electrons. The standard InChI is InChI=1S/C22H18F5N5OS/c1-4-32(2)20-10-7-12(22(25,26)27)15(16(24)17(10)30-21(31-20)33-3)9-5-6-13(23)18-14(9)11(8-28)19(29)34-18/h5-7,11,19H,4,29H2,1-3H3. The summed E-state index contributed by atoms with van der Waals surface area (Å²) >= 11 is 0.822. The maximum atomic E-state index is 16.0. The number of hydrogen-bond acceptors (Lipinski definition) is 7. The number of rotatable bonds is 4. The second-order valence-electron chi connectivity index (χ2n) is 7.58. The first-order chi connectivity index (χ1) is 16.0. The Morgan fingerprint density at radius 2 is 1.97 bits per heavy atom. The van der Waals surface area contributed by atoms with Crippen molar-refractivity contribution in [1.82, 2.24) is 9.97 Å². The molecule has 0 fully saturated rings. The van der Waals surface area contributed by atoms with E-state index in [0.29, 0.717) is 6.54 Å². The number of anilines is 1. The third-order valence-corrected chi connectivity index (χ3v) is 6.86. The zero-order valence-corrected chi connectivity index (χ0v) is 19.0. The third-order valence-electron chi connectivity index (χ3n) is 5.66. The van der Waals surface area contributed by atoms with Crippen LogP contribution in [-0.2, 0) is 6.18 Å². The summed E-state index contributed by atoms with van der Waals surface area (Å²) in [5.41, 5.74) is 3.06. The van der Waals surface area contributed by atoms with E-state index >= 15 is 4.39 Å². The molecule has 34 heavy (non-hydrogen) atoms. The fraction of sp³-hybridized carbons (Fsp3) is 0.318. The van der Waals surface area contributed by atoms with Gasteiger partial charge in [-0.15, -0.1) is 11.8 Å². The Labute approximate surface area is 195 Å². The Morgan fingerprint density at radius 1 is 1.26 bits per heavy atom. The highest BCUT2D eigenvalue weighted by Crippen LogP contribution is 2.51. The van der Waals surface area contributed by atoms with Gasteiger partial charge in [0.15, 0.2) is 5.82 Å². The van der Waals surface area contributed by atoms with E-state index in [2.05, 4.69) is 9.97 Å². The molecule has 2 heterocycles. The van der Waals surface area contributed by atoms with Gasteiger partial charge in [0.05, 0.1) is 30.0 Å². The van der Waals surface area contributed by atoms with E-state index in [1.807, 2.05) is 6.07 Å². The van der Waals surface area contributed by atoms with Gasteiger partial charge in [-0.1, -0.05) is 6.07 Å². The second kappa shape index (κ2) is 8.56. The van der Waals surface area contributed by atoms with Gasteiger partial charge in [0.25, 0.3) is 0 Å². The quantitative estimate of drug-likeness (QED) is 0.507. The highest BCUT2D eigenvalue weighted by molar-refractivity contribution is 8.00. The molecule has 0 amide bonds. The topological polar surface area (TPSA) is 88.1 Å². The number of hydrogen-bond donors (Lipinski definition) is 1. The number of fused-ring (bicyclic) bond motifs is 2. The van der Waals surface area contributed by atoms with Crippen molar-refractivity contribution in [2.45, 2.75) is 29.3 Å². The van der Waals surface area contributed by atoms with Crippen LogP contribution in [0.5, 0.6) is 6.01 Å². The molecular weight excluding hydrogens is 477 g/mol. The third kappa shape index (κ3) is 3.69. The normalized spacial score (nSPS) is 17.5. The Kier molecular flexibility index (Phi) is 6.03. The highest BCUT2D eigenvalue weighted by Gasteiger charge is 2.41. The maximum absolute atomic E-state index is 16.0. The minimum Gasteiger partial charge on any atom is -0.467 e. The van der Waals surface area contributed by atoms with Crippen molar-refractivity contribution in [3.05, 3.63) is 41.0 Å². The summed E-state index contributed by atoms with van der Waals surface area (Å²) in [7, 11) is 2.84. The second-order valence-corrected chi connectivity index (χ2v) is 8.77. The average Bonchev–Trinajstić information content (AvgIpc) is 3.14. The summed E-state index contributed by atoms with van der Waals surface area (Å²) in [5.74, 6) is -3.12. The number of halogens is 5. The molecule has 0 spiro atoms. The lowest BCUT2D eigenvalue weighted by atomic mass is 9.87. The predicted octanol–water partition coefficient (Wildman–Crippen LogP) is 5.06. The summed E-state index contributed by atoms with van der Waals surface area (Å²) in [6, 6.07) is 4.42. The lowest BCUT2D eigenvalue weighted by Crippen LogP contribution is -2.20. The number of ether oxygens (including phenoxy) is 1. The Hall–Kier alpha value is -3.17. The van der Waals surface area contributed by atoms with E-state index in [0.717, 1.165) is 30.0 Å². The van der Waals surface area contributed by atoms with Crippen LogP contribution in [0.4, 0.5) is 27.8 Å². The maximum Gasteiger partial charge on any atom is 0.417 e. The number of nitriles is 1. The number of nitrogens with two attached hydrogens (primary N) is 1. The van der Waals surface area contributed by atoms with Crippen LogP contribution >= 0.6 is 11.8 Å². The molecule has 1 aliphatic heterocycles. The summed E-state index contributed by atoms with van der Waals surface area (Å²) < 4.78 is 78.4. The Bertz CT molecular complexity index is 1340. The van der Waals surface area contributed by atoms with E-state index in [4.69, 9.17) is 10.5 Å². The van der Waals surface area contributed by atoms with E-state index < -0.39 is 45.7 Å². The van der Waals surface area contributed by atoms with Gasteiger partial charge in [-0.25, -0.2) is 8.78 Å². The molecule has 0 radical (unpaired) electrons. The van der Waals surface area contributed by atoms with Crippen molar-refractivity contribution in [1.29, 1.82) is 5.26 Å². The summed E-state index contributed by atoms with van der Waals surface area (Å²) in [6.45, 7) is 2.12. The van der Waals surface area contributed by atoms with Crippen LogP contribution in [-0.4, -0.2) is 36.0 Å². The van der Waals surface area contributed by atoms with E-state index in [1.165, 1.54) is 12.0 Å². The molecule has 12 heteroatoms. The minimum absolute atomic E-state index is 0.0529. The molecule has 2 N–H and O–H groups in total. The molecule has 0 saturated carbocycles. The molecule has 0 aliphatic carbocycles. The number of aromatic nitrogens is 2. The lowest BCUT2D eigenvalue weighted by Gasteiger charge is -2.22. The highest BCUT2D eigenvalue weighted by atomic mass is 32.2. The van der Waals surface area contributed by atoms with Crippen LogP contribution < -0.4 is 15.4 Å². The van der Waals surface area contributed by atoms with E-state index in [9.17, 15) is 22.8 Å². The zero-order chi connectivity index (χ0) is 24.9. The SMILES string of the molecule is CCN(C)c1nc(OC)nc2c(F)c(-c3ccc(F)c4c3C(C#N)C(N)S4)c(C(F)(F)F)cc12. The van der Waals surface area contributed by atoms with Gasteiger partial charge < -0.3 is 15.4 Å². The number of benzene rings is 2. The van der Waals surface area contributed by atoms with Crippen molar-refractivity contribution in [2.75, 3.05) is 25.6 Å². The molecule has 2 unspecified atom stereocenters. The fourth-order valence-electron chi connectivity index (χ4n) is 3.94. The molecule has 0 saturated heterocycles. The van der Waals surface area contributed by atoms with Gasteiger partial charge in [-0.05, 0) is 30.2 Å². The first-order valence-electron chi connectivity index (χ1n) is 10.0. The zero-order valence-electron chi connectivity index (χ0n) is 18.2. The van der Waals surface area contributed by atoms with Crippen LogP contribution in [0.1, 0.15) is 24.0 Å². The first-order valence-corrected chi connectivity index (χ1v) is 10.9. The van der Waals surface area contributed by atoms with E-state index in [1.54, 1.807) is 14.0 Å². The van der Waals surface area contributed by atoms with Crippen molar-refractivity contribution >= 4 is 28.5 Å². The minimum atomic E-state index is -4.98.